The number of benzene rings is 1. The molecule has 1 aromatic carbocycles. The second kappa shape index (κ2) is 9.42. The number of aliphatic hydroxyl groups is 1. The average molecular weight is 267 g/mol. The fourth-order valence-corrected chi connectivity index (χ4v) is 2.98. The summed E-state index contributed by atoms with van der Waals surface area (Å²) in [6, 6.07) is 9.06. The van der Waals surface area contributed by atoms with Gasteiger partial charge >= 0.3 is 0 Å². The maximum Gasteiger partial charge on any atom is 0.0439 e. The summed E-state index contributed by atoms with van der Waals surface area (Å²) in [4.78, 5) is 1.35. The fourth-order valence-electron chi connectivity index (χ4n) is 1.94. The monoisotopic (exact) mass is 267 g/mol. The van der Waals surface area contributed by atoms with Crippen molar-refractivity contribution in [3.8, 4) is 0 Å². The summed E-state index contributed by atoms with van der Waals surface area (Å²) in [6.45, 7) is 5.76. The molecule has 0 fully saturated rings. The van der Waals surface area contributed by atoms with E-state index in [0.717, 1.165) is 31.6 Å². The first-order valence-electron chi connectivity index (χ1n) is 6.89. The molecule has 0 saturated carbocycles. The number of thioether (sulfide) groups is 1. The van der Waals surface area contributed by atoms with Gasteiger partial charge in [0.05, 0.1) is 0 Å². The summed E-state index contributed by atoms with van der Waals surface area (Å²) in [7, 11) is 0. The Labute approximate surface area is 115 Å². The zero-order valence-electron chi connectivity index (χ0n) is 11.5. The standard InChI is InChI=1S/C15H25NOS/c1-3-10-16-14(4-2)13-8-5-6-9-15(13)18-12-7-11-17/h5-6,8-9,14,16-17H,3-4,7,10-12H2,1-2H3. The van der Waals surface area contributed by atoms with E-state index < -0.39 is 0 Å². The zero-order chi connectivity index (χ0) is 13.2. The number of aliphatic hydroxyl groups excluding tert-OH is 1. The first-order chi connectivity index (χ1) is 8.83. The van der Waals surface area contributed by atoms with E-state index in [4.69, 9.17) is 5.11 Å². The lowest BCUT2D eigenvalue weighted by Crippen LogP contribution is -2.22. The predicted molar refractivity (Wildman–Crippen MR) is 80.2 cm³/mol. The smallest absolute Gasteiger partial charge is 0.0439 e. The van der Waals surface area contributed by atoms with Gasteiger partial charge in [-0.15, -0.1) is 11.8 Å². The molecule has 0 spiro atoms. The van der Waals surface area contributed by atoms with Gasteiger partial charge in [-0.1, -0.05) is 32.0 Å². The van der Waals surface area contributed by atoms with Gasteiger partial charge in [-0.25, -0.2) is 0 Å². The fraction of sp³-hybridized carbons (Fsp3) is 0.600. The summed E-state index contributed by atoms with van der Waals surface area (Å²) in [5.74, 6) is 0.984. The van der Waals surface area contributed by atoms with Crippen LogP contribution in [0.15, 0.2) is 29.2 Å². The van der Waals surface area contributed by atoms with Crippen molar-refractivity contribution in [1.29, 1.82) is 0 Å². The second-order valence-corrected chi connectivity index (χ2v) is 5.52. The zero-order valence-corrected chi connectivity index (χ0v) is 12.3. The molecule has 0 amide bonds. The topological polar surface area (TPSA) is 32.3 Å². The molecule has 0 bridgehead atoms. The maximum atomic E-state index is 8.86. The first-order valence-corrected chi connectivity index (χ1v) is 7.88. The molecule has 0 aromatic heterocycles. The minimum atomic E-state index is 0.278. The van der Waals surface area contributed by atoms with Crippen molar-refractivity contribution in [3.63, 3.8) is 0 Å². The van der Waals surface area contributed by atoms with Gasteiger partial charge in [0.25, 0.3) is 0 Å². The largest absolute Gasteiger partial charge is 0.396 e. The lowest BCUT2D eigenvalue weighted by atomic mass is 10.0. The number of hydrogen-bond donors (Lipinski definition) is 2. The molecule has 0 aliphatic carbocycles. The van der Waals surface area contributed by atoms with Crippen molar-refractivity contribution in [2.45, 2.75) is 44.0 Å². The number of nitrogens with one attached hydrogen (secondary N) is 1. The SMILES string of the molecule is CCCNC(CC)c1ccccc1SCCCO. The molecule has 0 saturated heterocycles. The van der Waals surface area contributed by atoms with Crippen molar-refractivity contribution >= 4 is 11.8 Å². The number of rotatable bonds is 9. The molecule has 0 aliphatic rings. The van der Waals surface area contributed by atoms with Gasteiger partial charge < -0.3 is 10.4 Å². The van der Waals surface area contributed by atoms with Gasteiger partial charge in [0.15, 0.2) is 0 Å². The van der Waals surface area contributed by atoms with Crippen LogP contribution in [0.25, 0.3) is 0 Å². The predicted octanol–water partition coefficient (Wildman–Crippen LogP) is 3.61. The van der Waals surface area contributed by atoms with Crippen molar-refractivity contribution in [1.82, 2.24) is 5.32 Å². The molecule has 1 atom stereocenters. The molecule has 102 valence electrons. The lowest BCUT2D eigenvalue weighted by molar-refractivity contribution is 0.296. The maximum absolute atomic E-state index is 8.86. The van der Waals surface area contributed by atoms with Crippen LogP contribution in [-0.2, 0) is 0 Å². The molecule has 1 unspecified atom stereocenters. The van der Waals surface area contributed by atoms with Gasteiger partial charge in [0.2, 0.25) is 0 Å². The van der Waals surface area contributed by atoms with E-state index in [0.29, 0.717) is 6.04 Å². The molecule has 0 radical (unpaired) electrons. The third-order valence-electron chi connectivity index (χ3n) is 2.90. The highest BCUT2D eigenvalue weighted by molar-refractivity contribution is 7.99. The van der Waals surface area contributed by atoms with Crippen molar-refractivity contribution in [2.24, 2.45) is 0 Å². The minimum Gasteiger partial charge on any atom is -0.396 e. The van der Waals surface area contributed by atoms with E-state index in [1.54, 1.807) is 0 Å². The van der Waals surface area contributed by atoms with Crippen LogP contribution in [0.1, 0.15) is 44.7 Å². The highest BCUT2D eigenvalue weighted by Gasteiger charge is 2.12. The molecule has 2 N–H and O–H groups in total. The van der Waals surface area contributed by atoms with Gasteiger partial charge in [0.1, 0.15) is 0 Å². The molecule has 18 heavy (non-hydrogen) atoms. The van der Waals surface area contributed by atoms with E-state index in [2.05, 4.69) is 43.4 Å². The van der Waals surface area contributed by atoms with Crippen molar-refractivity contribution in [3.05, 3.63) is 29.8 Å². The van der Waals surface area contributed by atoms with Crippen LogP contribution in [0.2, 0.25) is 0 Å². The van der Waals surface area contributed by atoms with Gasteiger partial charge in [-0.2, -0.15) is 0 Å². The Morgan fingerprint density at radius 2 is 2.06 bits per heavy atom. The molecule has 0 heterocycles. The first kappa shape index (κ1) is 15.5. The third-order valence-corrected chi connectivity index (χ3v) is 4.08. The van der Waals surface area contributed by atoms with E-state index in [9.17, 15) is 0 Å². The molecule has 2 nitrogen and oxygen atoms in total. The van der Waals surface area contributed by atoms with Gasteiger partial charge in [-0.3, -0.25) is 0 Å². The third kappa shape index (κ3) is 5.01. The Kier molecular flexibility index (Phi) is 8.14. The highest BCUT2D eigenvalue weighted by atomic mass is 32.2. The molecular weight excluding hydrogens is 242 g/mol. The molecular formula is C15H25NOS. The summed E-state index contributed by atoms with van der Waals surface area (Å²) in [5.41, 5.74) is 1.40. The number of hydrogen-bond acceptors (Lipinski definition) is 3. The summed E-state index contributed by atoms with van der Waals surface area (Å²) in [5, 5.41) is 12.5. The van der Waals surface area contributed by atoms with Crippen LogP contribution in [0.3, 0.4) is 0 Å². The van der Waals surface area contributed by atoms with E-state index in [1.165, 1.54) is 10.5 Å². The second-order valence-electron chi connectivity index (χ2n) is 4.38. The van der Waals surface area contributed by atoms with Gasteiger partial charge in [0, 0.05) is 23.3 Å². The molecule has 1 rings (SSSR count). The van der Waals surface area contributed by atoms with Crippen LogP contribution < -0.4 is 5.32 Å². The minimum absolute atomic E-state index is 0.278. The van der Waals surface area contributed by atoms with Gasteiger partial charge in [-0.05, 0) is 37.4 Å². The Bertz CT molecular complexity index is 330. The van der Waals surface area contributed by atoms with Crippen LogP contribution in [0.4, 0.5) is 0 Å². The van der Waals surface area contributed by atoms with E-state index in [-0.39, 0.29) is 6.61 Å². The Balaban J connectivity index is 2.71. The average Bonchev–Trinajstić information content (AvgIpc) is 2.41. The van der Waals surface area contributed by atoms with Crippen LogP contribution in [0.5, 0.6) is 0 Å². The summed E-state index contributed by atoms with van der Waals surface area (Å²) < 4.78 is 0. The molecule has 3 heteroatoms. The Morgan fingerprint density at radius 3 is 2.72 bits per heavy atom. The Morgan fingerprint density at radius 1 is 1.28 bits per heavy atom. The highest BCUT2D eigenvalue weighted by Crippen LogP contribution is 2.29. The summed E-state index contributed by atoms with van der Waals surface area (Å²) in [6.07, 6.45) is 3.13. The van der Waals surface area contributed by atoms with Crippen LogP contribution in [-0.4, -0.2) is 24.0 Å². The quantitative estimate of drug-likeness (QED) is 0.529. The van der Waals surface area contributed by atoms with E-state index >= 15 is 0 Å². The lowest BCUT2D eigenvalue weighted by Gasteiger charge is -2.20. The van der Waals surface area contributed by atoms with Crippen LogP contribution in [0, 0.1) is 0 Å². The molecule has 1 aromatic rings. The van der Waals surface area contributed by atoms with Crippen molar-refractivity contribution in [2.75, 3.05) is 18.9 Å². The van der Waals surface area contributed by atoms with Crippen LogP contribution >= 0.6 is 11.8 Å². The van der Waals surface area contributed by atoms with E-state index in [1.807, 2.05) is 11.8 Å². The Hall–Kier alpha value is -0.510. The normalized spacial score (nSPS) is 12.6. The molecule has 0 aliphatic heterocycles. The van der Waals surface area contributed by atoms with Crippen molar-refractivity contribution < 1.29 is 5.11 Å². The summed E-state index contributed by atoms with van der Waals surface area (Å²) >= 11 is 1.85.